The monoisotopic (exact) mass is 266 g/mol. The van der Waals surface area contributed by atoms with Gasteiger partial charge in [0, 0.05) is 15.8 Å². The predicted molar refractivity (Wildman–Crippen MR) is 75.5 cm³/mol. The van der Waals surface area contributed by atoms with Gasteiger partial charge in [-0.2, -0.15) is 0 Å². The summed E-state index contributed by atoms with van der Waals surface area (Å²) in [6.45, 7) is 4.77. The van der Waals surface area contributed by atoms with Gasteiger partial charge in [0.1, 0.15) is 0 Å². The van der Waals surface area contributed by atoms with Gasteiger partial charge in [-0.05, 0) is 38.3 Å². The number of nitrogens with two attached hydrogens (primary N) is 1. The van der Waals surface area contributed by atoms with Gasteiger partial charge in [0.25, 0.3) is 0 Å². The Bertz CT molecular complexity index is 429. The first-order chi connectivity index (χ1) is 8.56. The van der Waals surface area contributed by atoms with Crippen LogP contribution in [-0.4, -0.2) is 11.9 Å². The van der Waals surface area contributed by atoms with Crippen molar-refractivity contribution in [1.29, 1.82) is 0 Å². The number of hydrogen-bond donors (Lipinski definition) is 2. The summed E-state index contributed by atoms with van der Waals surface area (Å²) in [6.07, 6.45) is 3.98. The molecule has 2 unspecified atom stereocenters. The quantitative estimate of drug-likeness (QED) is 0.879. The smallest absolute Gasteiger partial charge is 0.227 e. The van der Waals surface area contributed by atoms with Crippen molar-refractivity contribution in [2.75, 3.05) is 0 Å². The lowest BCUT2D eigenvalue weighted by atomic mass is 9.84. The van der Waals surface area contributed by atoms with Gasteiger partial charge in [-0.15, -0.1) is 11.3 Å². The van der Waals surface area contributed by atoms with Crippen molar-refractivity contribution in [3.8, 4) is 0 Å². The number of aryl methyl sites for hydroxylation is 1. The minimum Gasteiger partial charge on any atom is -0.351 e. The largest absolute Gasteiger partial charge is 0.351 e. The maximum atomic E-state index is 12.2. The Kier molecular flexibility index (Phi) is 4.07. The van der Waals surface area contributed by atoms with Gasteiger partial charge in [-0.25, -0.2) is 0 Å². The molecule has 0 aromatic carbocycles. The summed E-state index contributed by atoms with van der Waals surface area (Å²) in [5.41, 5.74) is 5.68. The van der Waals surface area contributed by atoms with E-state index in [4.69, 9.17) is 5.73 Å². The number of thiophene rings is 1. The van der Waals surface area contributed by atoms with Crippen molar-refractivity contribution in [1.82, 2.24) is 5.32 Å². The van der Waals surface area contributed by atoms with Crippen LogP contribution in [0, 0.1) is 5.41 Å². The van der Waals surface area contributed by atoms with Gasteiger partial charge in [0.2, 0.25) is 5.91 Å². The predicted octanol–water partition coefficient (Wildman–Crippen LogP) is 2.44. The maximum Gasteiger partial charge on any atom is 0.227 e. The highest BCUT2D eigenvalue weighted by Gasteiger charge is 2.42. The summed E-state index contributed by atoms with van der Waals surface area (Å²) < 4.78 is 0. The molecule has 0 aliphatic heterocycles. The van der Waals surface area contributed by atoms with E-state index in [1.807, 2.05) is 6.92 Å². The highest BCUT2D eigenvalue weighted by atomic mass is 32.1. The fourth-order valence-corrected chi connectivity index (χ4v) is 3.45. The van der Waals surface area contributed by atoms with E-state index in [1.165, 1.54) is 9.75 Å². The minimum absolute atomic E-state index is 0.00652. The number of rotatable bonds is 4. The summed E-state index contributed by atoms with van der Waals surface area (Å²) in [4.78, 5) is 14.8. The first kappa shape index (κ1) is 13.6. The zero-order valence-electron chi connectivity index (χ0n) is 11.2. The minimum atomic E-state index is -0.370. The van der Waals surface area contributed by atoms with E-state index in [0.29, 0.717) is 6.54 Å². The lowest BCUT2D eigenvalue weighted by molar-refractivity contribution is -0.130. The van der Waals surface area contributed by atoms with Crippen LogP contribution in [0.1, 0.15) is 42.9 Å². The van der Waals surface area contributed by atoms with Gasteiger partial charge < -0.3 is 11.1 Å². The Morgan fingerprint density at radius 3 is 2.83 bits per heavy atom. The molecule has 3 nitrogen and oxygen atoms in total. The Morgan fingerprint density at radius 2 is 2.28 bits per heavy atom. The molecular weight excluding hydrogens is 244 g/mol. The molecular formula is C14H22N2OS. The Hall–Kier alpha value is -0.870. The second kappa shape index (κ2) is 5.41. The SMILES string of the molecule is CCc1ccc(CNC(=O)C2(C)CCCC2N)s1. The van der Waals surface area contributed by atoms with Crippen LogP contribution in [0.5, 0.6) is 0 Å². The molecule has 1 aliphatic carbocycles. The number of carbonyl (C=O) groups excluding carboxylic acids is 1. The zero-order chi connectivity index (χ0) is 13.2. The van der Waals surface area contributed by atoms with Gasteiger partial charge in [0.15, 0.2) is 0 Å². The van der Waals surface area contributed by atoms with Crippen LogP contribution in [-0.2, 0) is 17.8 Å². The van der Waals surface area contributed by atoms with Crippen LogP contribution in [0.4, 0.5) is 0 Å². The van der Waals surface area contributed by atoms with E-state index in [0.717, 1.165) is 25.7 Å². The third-order valence-corrected chi connectivity index (χ3v) is 5.27. The van der Waals surface area contributed by atoms with Gasteiger partial charge in [-0.1, -0.05) is 13.3 Å². The third kappa shape index (κ3) is 2.59. The second-order valence-corrected chi connectivity index (χ2v) is 6.57. The molecule has 18 heavy (non-hydrogen) atoms. The van der Waals surface area contributed by atoms with Crippen molar-refractivity contribution in [2.45, 2.75) is 52.1 Å². The summed E-state index contributed by atoms with van der Waals surface area (Å²) in [5, 5.41) is 3.04. The molecule has 2 atom stereocenters. The van der Waals surface area contributed by atoms with E-state index >= 15 is 0 Å². The van der Waals surface area contributed by atoms with Crippen molar-refractivity contribution >= 4 is 17.2 Å². The van der Waals surface area contributed by atoms with Gasteiger partial charge in [0.05, 0.1) is 12.0 Å². The average Bonchev–Trinajstić information content (AvgIpc) is 2.95. The van der Waals surface area contributed by atoms with E-state index in [-0.39, 0.29) is 17.4 Å². The number of nitrogens with one attached hydrogen (secondary N) is 1. The van der Waals surface area contributed by atoms with Crippen molar-refractivity contribution < 1.29 is 4.79 Å². The fourth-order valence-electron chi connectivity index (χ4n) is 2.55. The Morgan fingerprint density at radius 1 is 1.56 bits per heavy atom. The molecule has 4 heteroatoms. The first-order valence-electron chi connectivity index (χ1n) is 6.67. The molecule has 0 radical (unpaired) electrons. The number of carbonyl (C=O) groups is 1. The molecule has 3 N–H and O–H groups in total. The molecule has 0 bridgehead atoms. The number of hydrogen-bond acceptors (Lipinski definition) is 3. The lowest BCUT2D eigenvalue weighted by Crippen LogP contribution is -2.47. The van der Waals surface area contributed by atoms with Gasteiger partial charge in [-0.3, -0.25) is 4.79 Å². The van der Waals surface area contributed by atoms with Crippen molar-refractivity contribution in [3.05, 3.63) is 21.9 Å². The fraction of sp³-hybridized carbons (Fsp3) is 0.643. The van der Waals surface area contributed by atoms with Crippen LogP contribution in [0.3, 0.4) is 0 Å². The molecule has 1 fully saturated rings. The molecule has 1 amide bonds. The molecule has 2 rings (SSSR count). The van der Waals surface area contributed by atoms with Crippen molar-refractivity contribution in [3.63, 3.8) is 0 Å². The van der Waals surface area contributed by atoms with Crippen LogP contribution in [0.2, 0.25) is 0 Å². The Labute approximate surface area is 113 Å². The molecule has 1 aliphatic rings. The summed E-state index contributed by atoms with van der Waals surface area (Å²) in [6, 6.07) is 4.24. The van der Waals surface area contributed by atoms with Gasteiger partial charge >= 0.3 is 0 Å². The van der Waals surface area contributed by atoms with Crippen LogP contribution in [0.15, 0.2) is 12.1 Å². The second-order valence-electron chi connectivity index (χ2n) is 5.32. The highest BCUT2D eigenvalue weighted by molar-refractivity contribution is 7.11. The van der Waals surface area contributed by atoms with Crippen LogP contribution in [0.25, 0.3) is 0 Å². The molecule has 100 valence electrons. The van der Waals surface area contributed by atoms with Crippen molar-refractivity contribution in [2.24, 2.45) is 11.1 Å². The summed E-state index contributed by atoms with van der Waals surface area (Å²) >= 11 is 1.77. The molecule has 1 heterocycles. The number of amides is 1. The van der Waals surface area contributed by atoms with Crippen LogP contribution >= 0.6 is 11.3 Å². The highest BCUT2D eigenvalue weighted by Crippen LogP contribution is 2.36. The lowest BCUT2D eigenvalue weighted by Gasteiger charge is -2.27. The normalized spacial score (nSPS) is 27.4. The topological polar surface area (TPSA) is 55.1 Å². The maximum absolute atomic E-state index is 12.2. The Balaban J connectivity index is 1.92. The third-order valence-electron chi connectivity index (χ3n) is 4.04. The van der Waals surface area contributed by atoms with E-state index in [9.17, 15) is 4.79 Å². The van der Waals surface area contributed by atoms with E-state index < -0.39 is 0 Å². The molecule has 0 saturated heterocycles. The molecule has 0 spiro atoms. The summed E-state index contributed by atoms with van der Waals surface area (Å²) in [7, 11) is 0. The zero-order valence-corrected chi connectivity index (χ0v) is 12.0. The molecule has 1 aromatic heterocycles. The molecule has 1 saturated carbocycles. The molecule has 1 aromatic rings. The van der Waals surface area contributed by atoms with E-state index in [1.54, 1.807) is 11.3 Å². The van der Waals surface area contributed by atoms with Crippen LogP contribution < -0.4 is 11.1 Å². The first-order valence-corrected chi connectivity index (χ1v) is 7.49. The summed E-state index contributed by atoms with van der Waals surface area (Å²) in [5.74, 6) is 0.110. The van der Waals surface area contributed by atoms with E-state index in [2.05, 4.69) is 24.4 Å². The average molecular weight is 266 g/mol. The standard InChI is InChI=1S/C14H22N2OS/c1-3-10-6-7-11(18-10)9-16-13(17)14(2)8-4-5-12(14)15/h6-7,12H,3-5,8-9,15H2,1-2H3,(H,16,17).